The molecule has 0 radical (unpaired) electrons. The zero-order valence-electron chi connectivity index (χ0n) is 10.2. The zero-order chi connectivity index (χ0) is 11.9. The van der Waals surface area contributed by atoms with Crippen LogP contribution in [0.2, 0.25) is 0 Å². The lowest BCUT2D eigenvalue weighted by Gasteiger charge is -2.22. The molecule has 17 heavy (non-hydrogen) atoms. The molecule has 0 bridgehead atoms. The Morgan fingerprint density at radius 2 is 2.18 bits per heavy atom. The SMILES string of the molecule is O=C(COC1CCNCC1)NCC1CCOC1. The summed E-state index contributed by atoms with van der Waals surface area (Å²) in [4.78, 5) is 11.5. The minimum atomic E-state index is -0.00423. The van der Waals surface area contributed by atoms with Crippen molar-refractivity contribution < 1.29 is 14.3 Å². The van der Waals surface area contributed by atoms with E-state index in [2.05, 4.69) is 10.6 Å². The summed E-state index contributed by atoms with van der Waals surface area (Å²) < 4.78 is 10.8. The first kappa shape index (κ1) is 12.8. The van der Waals surface area contributed by atoms with Crippen molar-refractivity contribution in [2.24, 2.45) is 5.92 Å². The second-order valence-electron chi connectivity index (χ2n) is 4.79. The predicted molar refractivity (Wildman–Crippen MR) is 63.8 cm³/mol. The van der Waals surface area contributed by atoms with E-state index >= 15 is 0 Å². The second-order valence-corrected chi connectivity index (χ2v) is 4.79. The van der Waals surface area contributed by atoms with Crippen molar-refractivity contribution in [3.8, 4) is 0 Å². The minimum absolute atomic E-state index is 0.00423. The predicted octanol–water partition coefficient (Wildman–Crippen LogP) is -0.0923. The van der Waals surface area contributed by atoms with Crippen molar-refractivity contribution in [3.05, 3.63) is 0 Å². The molecule has 2 fully saturated rings. The van der Waals surface area contributed by atoms with Gasteiger partial charge in [0.1, 0.15) is 6.61 Å². The Morgan fingerprint density at radius 3 is 2.88 bits per heavy atom. The molecule has 0 aromatic rings. The zero-order valence-corrected chi connectivity index (χ0v) is 10.2. The Kier molecular flexibility index (Phi) is 5.22. The Bertz CT molecular complexity index is 236. The summed E-state index contributed by atoms with van der Waals surface area (Å²) in [6.07, 6.45) is 3.31. The molecule has 98 valence electrons. The lowest BCUT2D eigenvalue weighted by molar-refractivity contribution is -0.128. The Balaban J connectivity index is 1.53. The van der Waals surface area contributed by atoms with Crippen LogP contribution in [0, 0.1) is 5.92 Å². The number of ether oxygens (including phenoxy) is 2. The van der Waals surface area contributed by atoms with E-state index in [0.717, 1.165) is 45.6 Å². The van der Waals surface area contributed by atoms with Gasteiger partial charge in [-0.25, -0.2) is 0 Å². The fraction of sp³-hybridized carbons (Fsp3) is 0.917. The smallest absolute Gasteiger partial charge is 0.246 e. The standard InChI is InChI=1S/C12H22N2O3/c15-12(14-7-10-3-6-16-8-10)9-17-11-1-4-13-5-2-11/h10-11,13H,1-9H2,(H,14,15). The van der Waals surface area contributed by atoms with E-state index in [1.54, 1.807) is 0 Å². The van der Waals surface area contributed by atoms with Crippen molar-refractivity contribution >= 4 is 5.91 Å². The van der Waals surface area contributed by atoms with E-state index in [1.807, 2.05) is 0 Å². The third-order valence-corrected chi connectivity index (χ3v) is 3.35. The summed E-state index contributed by atoms with van der Waals surface area (Å²) in [5.41, 5.74) is 0. The van der Waals surface area contributed by atoms with E-state index in [1.165, 1.54) is 0 Å². The first-order valence-corrected chi connectivity index (χ1v) is 6.51. The molecule has 0 aromatic heterocycles. The molecule has 0 aliphatic carbocycles. The van der Waals surface area contributed by atoms with E-state index in [4.69, 9.17) is 9.47 Å². The molecule has 2 saturated heterocycles. The van der Waals surface area contributed by atoms with Crippen molar-refractivity contribution in [3.63, 3.8) is 0 Å². The number of amides is 1. The Hall–Kier alpha value is -0.650. The first-order chi connectivity index (χ1) is 8.34. The largest absolute Gasteiger partial charge is 0.381 e. The van der Waals surface area contributed by atoms with Gasteiger partial charge in [-0.15, -0.1) is 0 Å². The number of piperidine rings is 1. The van der Waals surface area contributed by atoms with E-state index in [9.17, 15) is 4.79 Å². The summed E-state index contributed by atoms with van der Waals surface area (Å²) in [5.74, 6) is 0.480. The van der Waals surface area contributed by atoms with Crippen LogP contribution in [-0.2, 0) is 14.3 Å². The van der Waals surface area contributed by atoms with Crippen LogP contribution in [0.5, 0.6) is 0 Å². The molecule has 2 heterocycles. The number of carbonyl (C=O) groups is 1. The average Bonchev–Trinajstić information content (AvgIpc) is 2.88. The summed E-state index contributed by atoms with van der Waals surface area (Å²) in [5, 5.41) is 6.17. The molecule has 0 aromatic carbocycles. The third kappa shape index (κ3) is 4.61. The monoisotopic (exact) mass is 242 g/mol. The molecule has 2 rings (SSSR count). The van der Waals surface area contributed by atoms with Crippen molar-refractivity contribution in [2.75, 3.05) is 39.5 Å². The van der Waals surface area contributed by atoms with E-state index < -0.39 is 0 Å². The maximum atomic E-state index is 11.5. The number of rotatable bonds is 5. The topological polar surface area (TPSA) is 59.6 Å². The Labute approximate surface area is 102 Å². The van der Waals surface area contributed by atoms with Crippen LogP contribution in [0.1, 0.15) is 19.3 Å². The average molecular weight is 242 g/mol. The first-order valence-electron chi connectivity index (χ1n) is 6.51. The third-order valence-electron chi connectivity index (χ3n) is 3.35. The van der Waals surface area contributed by atoms with Gasteiger partial charge in [0, 0.05) is 19.1 Å². The van der Waals surface area contributed by atoms with E-state index in [-0.39, 0.29) is 18.6 Å². The van der Waals surface area contributed by atoms with Crippen LogP contribution in [0.3, 0.4) is 0 Å². The molecule has 1 atom stereocenters. The summed E-state index contributed by atoms with van der Waals surface area (Å²) >= 11 is 0. The second kappa shape index (κ2) is 6.93. The molecular formula is C12H22N2O3. The van der Waals surface area contributed by atoms with Crippen LogP contribution < -0.4 is 10.6 Å². The molecule has 5 nitrogen and oxygen atoms in total. The minimum Gasteiger partial charge on any atom is -0.381 e. The van der Waals surface area contributed by atoms with Gasteiger partial charge in [-0.05, 0) is 32.4 Å². The van der Waals surface area contributed by atoms with Crippen molar-refractivity contribution in [2.45, 2.75) is 25.4 Å². The van der Waals surface area contributed by atoms with Gasteiger partial charge in [0.25, 0.3) is 0 Å². The number of hydrogen-bond donors (Lipinski definition) is 2. The van der Waals surface area contributed by atoms with Gasteiger partial charge in [-0.3, -0.25) is 4.79 Å². The molecule has 2 aliphatic rings. The van der Waals surface area contributed by atoms with Gasteiger partial charge < -0.3 is 20.1 Å². The van der Waals surface area contributed by atoms with Crippen molar-refractivity contribution in [1.29, 1.82) is 0 Å². The normalized spacial score (nSPS) is 26.0. The fourth-order valence-electron chi connectivity index (χ4n) is 2.21. The van der Waals surface area contributed by atoms with Crippen LogP contribution in [0.4, 0.5) is 0 Å². The molecule has 5 heteroatoms. The maximum Gasteiger partial charge on any atom is 0.246 e. The number of hydrogen-bond acceptors (Lipinski definition) is 4. The summed E-state index contributed by atoms with van der Waals surface area (Å²) in [7, 11) is 0. The molecular weight excluding hydrogens is 220 g/mol. The fourth-order valence-corrected chi connectivity index (χ4v) is 2.21. The molecule has 1 unspecified atom stereocenters. The molecule has 2 aliphatic heterocycles. The van der Waals surface area contributed by atoms with Crippen LogP contribution in [0.25, 0.3) is 0 Å². The molecule has 0 saturated carbocycles. The number of nitrogens with one attached hydrogen (secondary N) is 2. The van der Waals surface area contributed by atoms with Gasteiger partial charge in [0.2, 0.25) is 5.91 Å². The highest BCUT2D eigenvalue weighted by Gasteiger charge is 2.17. The van der Waals surface area contributed by atoms with Gasteiger partial charge >= 0.3 is 0 Å². The van der Waals surface area contributed by atoms with Gasteiger partial charge in [0.05, 0.1) is 12.7 Å². The van der Waals surface area contributed by atoms with Gasteiger partial charge in [-0.2, -0.15) is 0 Å². The summed E-state index contributed by atoms with van der Waals surface area (Å²) in [6.45, 7) is 4.49. The van der Waals surface area contributed by atoms with E-state index in [0.29, 0.717) is 12.5 Å². The van der Waals surface area contributed by atoms with Crippen LogP contribution in [0.15, 0.2) is 0 Å². The number of carbonyl (C=O) groups excluding carboxylic acids is 1. The highest BCUT2D eigenvalue weighted by molar-refractivity contribution is 5.77. The van der Waals surface area contributed by atoms with Crippen LogP contribution >= 0.6 is 0 Å². The molecule has 2 N–H and O–H groups in total. The highest BCUT2D eigenvalue weighted by Crippen LogP contribution is 2.10. The quantitative estimate of drug-likeness (QED) is 0.707. The summed E-state index contributed by atoms with van der Waals surface area (Å²) in [6, 6.07) is 0. The lowest BCUT2D eigenvalue weighted by Crippen LogP contribution is -2.37. The molecule has 1 amide bonds. The van der Waals surface area contributed by atoms with Crippen LogP contribution in [-0.4, -0.2) is 51.5 Å². The van der Waals surface area contributed by atoms with Crippen molar-refractivity contribution in [1.82, 2.24) is 10.6 Å². The molecule has 0 spiro atoms. The lowest BCUT2D eigenvalue weighted by atomic mass is 10.1. The van der Waals surface area contributed by atoms with Gasteiger partial charge in [-0.1, -0.05) is 0 Å². The Morgan fingerprint density at radius 1 is 1.35 bits per heavy atom. The highest BCUT2D eigenvalue weighted by atomic mass is 16.5. The maximum absolute atomic E-state index is 11.5. The van der Waals surface area contributed by atoms with Gasteiger partial charge in [0.15, 0.2) is 0 Å².